The number of allylic oxidation sites excluding steroid dienone is 2. The molecule has 0 fully saturated rings. The molecule has 1 aromatic heterocycles. The van der Waals surface area contributed by atoms with E-state index in [1.54, 1.807) is 25.1 Å². The van der Waals surface area contributed by atoms with Gasteiger partial charge in [-0.05, 0) is 51.0 Å². The van der Waals surface area contributed by atoms with E-state index in [4.69, 9.17) is 4.74 Å². The fourth-order valence-corrected chi connectivity index (χ4v) is 2.59. The third-order valence-corrected chi connectivity index (χ3v) is 4.02. The van der Waals surface area contributed by atoms with Gasteiger partial charge in [-0.1, -0.05) is 25.8 Å². The van der Waals surface area contributed by atoms with Gasteiger partial charge < -0.3 is 4.74 Å². The van der Waals surface area contributed by atoms with Crippen molar-refractivity contribution in [2.45, 2.75) is 59.8 Å². The first-order valence-electron chi connectivity index (χ1n) is 9.45. The molecular weight excluding hydrogens is 342 g/mol. The number of Topliss-reactive ketones (excluding diaryl/α,β-unsaturated/α-hetero) is 2. The molecule has 1 heterocycles. The maximum Gasteiger partial charge on any atom is 0.340 e. The van der Waals surface area contributed by atoms with Crippen LogP contribution in [0.3, 0.4) is 0 Å². The number of ketones is 2. The van der Waals surface area contributed by atoms with Crippen molar-refractivity contribution in [1.82, 2.24) is 4.98 Å². The SMILES string of the molecule is CC=Cc1cc(C=C(CC(=O)CCCCC)C(C)=O)c(C(=O)OCC)cn1. The molecule has 5 heteroatoms. The number of hydrogen-bond donors (Lipinski definition) is 0. The van der Waals surface area contributed by atoms with Gasteiger partial charge in [0.2, 0.25) is 0 Å². The molecule has 146 valence electrons. The molecule has 0 aliphatic heterocycles. The summed E-state index contributed by atoms with van der Waals surface area (Å²) in [7, 11) is 0. The zero-order valence-electron chi connectivity index (χ0n) is 16.7. The van der Waals surface area contributed by atoms with E-state index in [2.05, 4.69) is 11.9 Å². The molecule has 0 atom stereocenters. The van der Waals surface area contributed by atoms with Gasteiger partial charge in [0.25, 0.3) is 0 Å². The van der Waals surface area contributed by atoms with E-state index in [1.165, 1.54) is 13.1 Å². The maximum atomic E-state index is 12.2. The van der Waals surface area contributed by atoms with Crippen LogP contribution in [0.2, 0.25) is 0 Å². The third-order valence-electron chi connectivity index (χ3n) is 4.02. The Balaban J connectivity index is 3.22. The minimum Gasteiger partial charge on any atom is -0.462 e. The lowest BCUT2D eigenvalue weighted by Gasteiger charge is -2.09. The molecule has 0 radical (unpaired) electrons. The van der Waals surface area contributed by atoms with E-state index in [9.17, 15) is 14.4 Å². The molecule has 0 saturated carbocycles. The summed E-state index contributed by atoms with van der Waals surface area (Å²) in [5, 5.41) is 0. The number of carbonyl (C=O) groups excluding carboxylic acids is 3. The smallest absolute Gasteiger partial charge is 0.340 e. The molecule has 1 rings (SSSR count). The van der Waals surface area contributed by atoms with Crippen molar-refractivity contribution in [3.05, 3.63) is 40.7 Å². The van der Waals surface area contributed by atoms with Crippen LogP contribution in [-0.2, 0) is 14.3 Å². The molecule has 5 nitrogen and oxygen atoms in total. The highest BCUT2D eigenvalue weighted by molar-refractivity contribution is 6.04. The molecule has 0 saturated heterocycles. The molecule has 27 heavy (non-hydrogen) atoms. The molecule has 0 aromatic carbocycles. The van der Waals surface area contributed by atoms with Gasteiger partial charge >= 0.3 is 5.97 Å². The number of hydrogen-bond acceptors (Lipinski definition) is 5. The summed E-state index contributed by atoms with van der Waals surface area (Å²) in [5.41, 5.74) is 1.86. The second kappa shape index (κ2) is 11.9. The predicted octanol–water partition coefficient (Wildman–Crippen LogP) is 4.80. The summed E-state index contributed by atoms with van der Waals surface area (Å²) in [6.07, 6.45) is 10.1. The van der Waals surface area contributed by atoms with E-state index in [-0.39, 0.29) is 30.2 Å². The van der Waals surface area contributed by atoms with Crippen LogP contribution in [0, 0.1) is 0 Å². The highest BCUT2D eigenvalue weighted by Gasteiger charge is 2.16. The topological polar surface area (TPSA) is 73.3 Å². The van der Waals surface area contributed by atoms with Crippen molar-refractivity contribution < 1.29 is 19.1 Å². The summed E-state index contributed by atoms with van der Waals surface area (Å²) in [4.78, 5) is 40.7. The first-order chi connectivity index (χ1) is 12.9. The summed E-state index contributed by atoms with van der Waals surface area (Å²) >= 11 is 0. The standard InChI is InChI=1S/C22H29NO4/c1-5-8-9-11-20(25)14-17(16(4)24)12-18-13-19(10-6-2)23-15-21(18)22(26)27-7-3/h6,10,12-13,15H,5,7-9,11,14H2,1-4H3. The minimum absolute atomic E-state index is 0.0327. The van der Waals surface area contributed by atoms with Crippen LogP contribution in [0.25, 0.3) is 12.2 Å². The van der Waals surface area contributed by atoms with Crippen molar-refractivity contribution in [3.63, 3.8) is 0 Å². The molecule has 0 aliphatic carbocycles. The lowest BCUT2D eigenvalue weighted by molar-refractivity contribution is -0.120. The van der Waals surface area contributed by atoms with Crippen LogP contribution in [0.1, 0.15) is 81.4 Å². The fraction of sp³-hybridized carbons (Fsp3) is 0.455. The molecular formula is C22H29NO4. The Morgan fingerprint density at radius 3 is 2.52 bits per heavy atom. The number of pyridine rings is 1. The van der Waals surface area contributed by atoms with Crippen LogP contribution in [0.5, 0.6) is 0 Å². The second-order valence-electron chi connectivity index (χ2n) is 6.32. The van der Waals surface area contributed by atoms with E-state index < -0.39 is 5.97 Å². The first-order valence-corrected chi connectivity index (χ1v) is 9.45. The van der Waals surface area contributed by atoms with Crippen LogP contribution < -0.4 is 0 Å². The van der Waals surface area contributed by atoms with E-state index in [1.807, 2.05) is 13.0 Å². The van der Waals surface area contributed by atoms with Gasteiger partial charge in [0.05, 0.1) is 17.9 Å². The van der Waals surface area contributed by atoms with Crippen LogP contribution >= 0.6 is 0 Å². The number of aromatic nitrogens is 1. The molecule has 0 unspecified atom stereocenters. The van der Waals surface area contributed by atoms with Gasteiger partial charge in [0, 0.05) is 24.6 Å². The summed E-state index contributed by atoms with van der Waals surface area (Å²) in [6.45, 7) is 7.35. The van der Waals surface area contributed by atoms with Gasteiger partial charge in [0.1, 0.15) is 5.78 Å². The monoisotopic (exact) mass is 371 g/mol. The average molecular weight is 371 g/mol. The zero-order chi connectivity index (χ0) is 20.2. The number of esters is 1. The van der Waals surface area contributed by atoms with Crippen LogP contribution in [0.4, 0.5) is 0 Å². The summed E-state index contributed by atoms with van der Waals surface area (Å²) in [6, 6.07) is 1.72. The van der Waals surface area contributed by atoms with Crippen molar-refractivity contribution in [1.29, 1.82) is 0 Å². The third kappa shape index (κ3) is 7.69. The molecule has 0 spiro atoms. The number of carbonyl (C=O) groups is 3. The Bertz CT molecular complexity index is 732. The predicted molar refractivity (Wildman–Crippen MR) is 107 cm³/mol. The van der Waals surface area contributed by atoms with Gasteiger partial charge in [-0.15, -0.1) is 0 Å². The Morgan fingerprint density at radius 2 is 1.93 bits per heavy atom. The van der Waals surface area contributed by atoms with Crippen molar-refractivity contribution in [2.24, 2.45) is 0 Å². The molecule has 1 aromatic rings. The average Bonchev–Trinajstić information content (AvgIpc) is 2.62. The maximum absolute atomic E-state index is 12.2. The minimum atomic E-state index is -0.500. The van der Waals surface area contributed by atoms with E-state index in [0.717, 1.165) is 19.3 Å². The Hall–Kier alpha value is -2.56. The lowest BCUT2D eigenvalue weighted by atomic mass is 9.98. The Kier molecular flexibility index (Phi) is 9.94. The van der Waals surface area contributed by atoms with Crippen molar-refractivity contribution in [2.75, 3.05) is 6.61 Å². The van der Waals surface area contributed by atoms with Gasteiger partial charge in [-0.2, -0.15) is 0 Å². The summed E-state index contributed by atoms with van der Waals surface area (Å²) < 4.78 is 5.08. The van der Waals surface area contributed by atoms with E-state index in [0.29, 0.717) is 23.3 Å². The molecule has 0 amide bonds. The highest BCUT2D eigenvalue weighted by Crippen LogP contribution is 2.19. The Labute approximate surface area is 161 Å². The van der Waals surface area contributed by atoms with Crippen LogP contribution in [0.15, 0.2) is 23.9 Å². The highest BCUT2D eigenvalue weighted by atomic mass is 16.5. The lowest BCUT2D eigenvalue weighted by Crippen LogP contribution is -2.09. The normalized spacial score (nSPS) is 11.6. The largest absolute Gasteiger partial charge is 0.462 e. The van der Waals surface area contributed by atoms with E-state index >= 15 is 0 Å². The molecule has 0 N–H and O–H groups in total. The molecule has 0 bridgehead atoms. The molecule has 0 aliphatic rings. The number of nitrogens with zero attached hydrogens (tertiary/aromatic N) is 1. The number of ether oxygens (including phenoxy) is 1. The zero-order valence-corrected chi connectivity index (χ0v) is 16.7. The fourth-order valence-electron chi connectivity index (χ4n) is 2.59. The number of rotatable bonds is 11. The number of unbranched alkanes of at least 4 members (excludes halogenated alkanes) is 2. The summed E-state index contributed by atoms with van der Waals surface area (Å²) in [5.74, 6) is -0.649. The second-order valence-corrected chi connectivity index (χ2v) is 6.32. The van der Waals surface area contributed by atoms with Gasteiger partial charge in [0.15, 0.2) is 5.78 Å². The van der Waals surface area contributed by atoms with Crippen LogP contribution in [-0.4, -0.2) is 29.1 Å². The quantitative estimate of drug-likeness (QED) is 0.317. The van der Waals surface area contributed by atoms with Gasteiger partial charge in [-0.25, -0.2) is 4.79 Å². The first kappa shape index (κ1) is 22.5. The van der Waals surface area contributed by atoms with Crippen molar-refractivity contribution in [3.8, 4) is 0 Å². The van der Waals surface area contributed by atoms with Crippen molar-refractivity contribution >= 4 is 29.7 Å². The Morgan fingerprint density at radius 1 is 1.19 bits per heavy atom. The van der Waals surface area contributed by atoms with Gasteiger partial charge in [-0.3, -0.25) is 14.6 Å².